The van der Waals surface area contributed by atoms with Crippen LogP contribution in [0.2, 0.25) is 5.02 Å². The van der Waals surface area contributed by atoms with Crippen molar-refractivity contribution in [3.8, 4) is 5.75 Å². The Morgan fingerprint density at radius 1 is 1.21 bits per heavy atom. The van der Waals surface area contributed by atoms with E-state index < -0.39 is 5.91 Å². The first kappa shape index (κ1) is 13.2. The Kier molecular flexibility index (Phi) is 3.92. The van der Waals surface area contributed by atoms with Crippen LogP contribution in [0.3, 0.4) is 0 Å². The van der Waals surface area contributed by atoms with Gasteiger partial charge in [-0.25, -0.2) is 0 Å². The summed E-state index contributed by atoms with van der Waals surface area (Å²) in [5.74, 6) is 0.0370. The van der Waals surface area contributed by atoms with E-state index in [1.165, 1.54) is 0 Å². The normalized spacial score (nSPS) is 10.2. The van der Waals surface area contributed by atoms with Crippen LogP contribution in [0.4, 0.5) is 5.69 Å². The van der Waals surface area contributed by atoms with Gasteiger partial charge in [0.1, 0.15) is 12.4 Å². The van der Waals surface area contributed by atoms with Gasteiger partial charge < -0.3 is 16.2 Å². The van der Waals surface area contributed by atoms with E-state index in [4.69, 9.17) is 27.8 Å². The van der Waals surface area contributed by atoms with Crippen LogP contribution in [0.1, 0.15) is 15.9 Å². The van der Waals surface area contributed by atoms with Crippen molar-refractivity contribution in [3.05, 3.63) is 58.6 Å². The number of nitrogen functional groups attached to an aromatic ring is 1. The van der Waals surface area contributed by atoms with E-state index in [9.17, 15) is 4.79 Å². The predicted octanol–water partition coefficient (Wildman–Crippen LogP) is 2.60. The average molecular weight is 277 g/mol. The van der Waals surface area contributed by atoms with Gasteiger partial charge in [0.25, 0.3) is 0 Å². The van der Waals surface area contributed by atoms with Crippen LogP contribution in [-0.4, -0.2) is 5.91 Å². The predicted molar refractivity (Wildman–Crippen MR) is 75.2 cm³/mol. The third-order valence-electron chi connectivity index (χ3n) is 2.56. The van der Waals surface area contributed by atoms with E-state index in [1.54, 1.807) is 36.4 Å². The zero-order valence-corrected chi connectivity index (χ0v) is 10.9. The van der Waals surface area contributed by atoms with Crippen LogP contribution in [0.25, 0.3) is 0 Å². The number of amides is 1. The lowest BCUT2D eigenvalue weighted by Gasteiger charge is -2.09. The molecule has 0 fully saturated rings. The number of halogens is 1. The standard InChI is InChI=1S/C14H13ClN2O2/c15-12-5-4-11(16)7-13(12)19-8-9-2-1-3-10(6-9)14(17)18/h1-7H,8,16H2,(H2,17,18). The molecule has 0 saturated carbocycles. The van der Waals surface area contributed by atoms with Gasteiger partial charge in [0.05, 0.1) is 5.02 Å². The highest BCUT2D eigenvalue weighted by molar-refractivity contribution is 6.32. The average Bonchev–Trinajstić information content (AvgIpc) is 2.40. The Morgan fingerprint density at radius 2 is 2.00 bits per heavy atom. The second kappa shape index (κ2) is 5.63. The van der Waals surface area contributed by atoms with Gasteiger partial charge in [0.15, 0.2) is 0 Å². The zero-order valence-electron chi connectivity index (χ0n) is 10.1. The van der Waals surface area contributed by atoms with E-state index in [-0.39, 0.29) is 6.61 Å². The molecule has 0 saturated heterocycles. The van der Waals surface area contributed by atoms with E-state index in [0.29, 0.717) is 22.0 Å². The molecule has 1 amide bonds. The quantitative estimate of drug-likeness (QED) is 0.843. The molecular formula is C14H13ClN2O2. The molecule has 4 N–H and O–H groups in total. The molecule has 0 unspecified atom stereocenters. The molecule has 19 heavy (non-hydrogen) atoms. The van der Waals surface area contributed by atoms with Crippen molar-refractivity contribution >= 4 is 23.2 Å². The van der Waals surface area contributed by atoms with Gasteiger partial charge in [-0.15, -0.1) is 0 Å². The van der Waals surface area contributed by atoms with Crippen LogP contribution in [0.15, 0.2) is 42.5 Å². The number of primary amides is 1. The maximum absolute atomic E-state index is 11.1. The molecule has 2 aromatic carbocycles. The molecule has 0 heterocycles. The van der Waals surface area contributed by atoms with Crippen LogP contribution in [0, 0.1) is 0 Å². The first-order valence-electron chi connectivity index (χ1n) is 5.63. The number of rotatable bonds is 4. The summed E-state index contributed by atoms with van der Waals surface area (Å²) in [6, 6.07) is 11.9. The van der Waals surface area contributed by atoms with E-state index in [0.717, 1.165) is 5.56 Å². The van der Waals surface area contributed by atoms with Crippen molar-refractivity contribution in [2.45, 2.75) is 6.61 Å². The first-order chi connectivity index (χ1) is 9.06. The van der Waals surface area contributed by atoms with Crippen molar-refractivity contribution in [1.29, 1.82) is 0 Å². The van der Waals surface area contributed by atoms with Crippen molar-refractivity contribution in [1.82, 2.24) is 0 Å². The van der Waals surface area contributed by atoms with Crippen LogP contribution in [-0.2, 0) is 6.61 Å². The van der Waals surface area contributed by atoms with Gasteiger partial charge in [-0.2, -0.15) is 0 Å². The van der Waals surface area contributed by atoms with Crippen LogP contribution < -0.4 is 16.2 Å². The molecule has 2 aromatic rings. The molecule has 5 heteroatoms. The van der Waals surface area contributed by atoms with Crippen molar-refractivity contribution in [2.24, 2.45) is 5.73 Å². The second-order valence-corrected chi connectivity index (χ2v) is 4.45. The number of carbonyl (C=O) groups excluding carboxylic acids is 1. The molecular weight excluding hydrogens is 264 g/mol. The number of ether oxygens (including phenoxy) is 1. The molecule has 0 spiro atoms. The van der Waals surface area contributed by atoms with Crippen LogP contribution in [0.5, 0.6) is 5.75 Å². The molecule has 98 valence electrons. The molecule has 0 atom stereocenters. The van der Waals surface area contributed by atoms with Gasteiger partial charge >= 0.3 is 0 Å². The molecule has 4 nitrogen and oxygen atoms in total. The number of nitrogens with two attached hydrogens (primary N) is 2. The maximum atomic E-state index is 11.1. The monoisotopic (exact) mass is 276 g/mol. The Morgan fingerprint density at radius 3 is 2.74 bits per heavy atom. The second-order valence-electron chi connectivity index (χ2n) is 4.04. The number of anilines is 1. The number of hydrogen-bond donors (Lipinski definition) is 2. The summed E-state index contributed by atoms with van der Waals surface area (Å²) in [4.78, 5) is 11.1. The zero-order chi connectivity index (χ0) is 13.8. The summed E-state index contributed by atoms with van der Waals surface area (Å²) in [5.41, 5.74) is 12.7. The summed E-state index contributed by atoms with van der Waals surface area (Å²) in [5, 5.41) is 0.486. The van der Waals surface area contributed by atoms with Crippen molar-refractivity contribution < 1.29 is 9.53 Å². The molecule has 0 bridgehead atoms. The maximum Gasteiger partial charge on any atom is 0.248 e. The third-order valence-corrected chi connectivity index (χ3v) is 2.87. The highest BCUT2D eigenvalue weighted by atomic mass is 35.5. The molecule has 0 aliphatic rings. The Bertz CT molecular complexity index is 614. The smallest absolute Gasteiger partial charge is 0.248 e. The summed E-state index contributed by atoms with van der Waals surface area (Å²) in [6.45, 7) is 0.282. The SMILES string of the molecule is NC(=O)c1cccc(COc2cc(N)ccc2Cl)c1. The largest absolute Gasteiger partial charge is 0.487 e. The summed E-state index contributed by atoms with van der Waals surface area (Å²) < 4.78 is 5.57. The Labute approximate surface area is 115 Å². The minimum atomic E-state index is -0.469. The van der Waals surface area contributed by atoms with Gasteiger partial charge in [-0.05, 0) is 29.8 Å². The fourth-order valence-electron chi connectivity index (χ4n) is 1.61. The number of hydrogen-bond acceptors (Lipinski definition) is 3. The highest BCUT2D eigenvalue weighted by Crippen LogP contribution is 2.27. The van der Waals surface area contributed by atoms with E-state index in [1.807, 2.05) is 6.07 Å². The van der Waals surface area contributed by atoms with Gasteiger partial charge in [0.2, 0.25) is 5.91 Å². The molecule has 0 aromatic heterocycles. The number of benzene rings is 2. The lowest BCUT2D eigenvalue weighted by molar-refractivity contribution is 0.1000. The van der Waals surface area contributed by atoms with Gasteiger partial charge in [-0.1, -0.05) is 23.7 Å². The lowest BCUT2D eigenvalue weighted by atomic mass is 10.1. The number of carbonyl (C=O) groups is 1. The highest BCUT2D eigenvalue weighted by Gasteiger charge is 2.05. The van der Waals surface area contributed by atoms with Gasteiger partial charge in [0, 0.05) is 17.3 Å². The third kappa shape index (κ3) is 3.39. The fraction of sp³-hybridized carbons (Fsp3) is 0.0714. The van der Waals surface area contributed by atoms with Gasteiger partial charge in [-0.3, -0.25) is 4.79 Å². The molecule has 0 aliphatic carbocycles. The Balaban J connectivity index is 2.12. The molecule has 0 radical (unpaired) electrons. The summed E-state index contributed by atoms with van der Waals surface area (Å²) in [6.07, 6.45) is 0. The summed E-state index contributed by atoms with van der Waals surface area (Å²) >= 11 is 5.99. The molecule has 2 rings (SSSR count). The van der Waals surface area contributed by atoms with Crippen molar-refractivity contribution in [3.63, 3.8) is 0 Å². The van der Waals surface area contributed by atoms with E-state index in [2.05, 4.69) is 0 Å². The minimum Gasteiger partial charge on any atom is -0.487 e. The minimum absolute atomic E-state index is 0.282. The fourth-order valence-corrected chi connectivity index (χ4v) is 1.78. The lowest BCUT2D eigenvalue weighted by Crippen LogP contribution is -2.11. The Hall–Kier alpha value is -2.20. The molecule has 0 aliphatic heterocycles. The first-order valence-corrected chi connectivity index (χ1v) is 6.00. The van der Waals surface area contributed by atoms with Crippen LogP contribution >= 0.6 is 11.6 Å². The topological polar surface area (TPSA) is 78.3 Å². The van der Waals surface area contributed by atoms with Crippen molar-refractivity contribution in [2.75, 3.05) is 5.73 Å². The summed E-state index contributed by atoms with van der Waals surface area (Å²) in [7, 11) is 0. The van der Waals surface area contributed by atoms with E-state index >= 15 is 0 Å².